The smallest absolute Gasteiger partial charge is 0.305 e. The van der Waals surface area contributed by atoms with Gasteiger partial charge in [-0.3, -0.25) is 19.5 Å². The van der Waals surface area contributed by atoms with Gasteiger partial charge in [-0.15, -0.1) is 0 Å². The molecule has 6 heteroatoms. The minimum Gasteiger partial charge on any atom is -0.481 e. The predicted octanol–water partition coefficient (Wildman–Crippen LogP) is 2.54. The van der Waals surface area contributed by atoms with Crippen LogP contribution in [0.5, 0.6) is 0 Å². The highest BCUT2D eigenvalue weighted by Gasteiger charge is 2.38. The van der Waals surface area contributed by atoms with Gasteiger partial charge in [0.05, 0.1) is 6.42 Å². The predicted molar refractivity (Wildman–Crippen MR) is 98.7 cm³/mol. The summed E-state index contributed by atoms with van der Waals surface area (Å²) in [6.45, 7) is 2.47. The van der Waals surface area contributed by atoms with Crippen molar-refractivity contribution < 1.29 is 14.7 Å². The lowest BCUT2D eigenvalue weighted by molar-refractivity contribution is -0.136. The number of carbonyl (C=O) groups is 2. The molecule has 0 saturated carbocycles. The maximum absolute atomic E-state index is 11.6. The minimum absolute atomic E-state index is 0.0143. The maximum Gasteiger partial charge on any atom is 0.305 e. The van der Waals surface area contributed by atoms with Crippen LogP contribution in [-0.2, 0) is 16.0 Å². The Kier molecular flexibility index (Phi) is 6.61. The van der Waals surface area contributed by atoms with E-state index in [1.54, 1.807) is 0 Å². The Bertz CT molecular complexity index is 634. The molecule has 2 atom stereocenters. The fraction of sp³-hybridized carbons (Fsp3) is 0.650. The first-order valence-corrected chi connectivity index (χ1v) is 9.81. The molecule has 2 N–H and O–H groups in total. The molecule has 6 nitrogen and oxygen atoms in total. The molecule has 1 aliphatic heterocycles. The Hall–Kier alpha value is -1.95. The van der Waals surface area contributed by atoms with Crippen LogP contribution in [0.4, 0.5) is 0 Å². The monoisotopic (exact) mass is 359 g/mol. The summed E-state index contributed by atoms with van der Waals surface area (Å²) in [5.74, 6) is -0.153. The molecule has 0 radical (unpaired) electrons. The van der Waals surface area contributed by atoms with Crippen LogP contribution >= 0.6 is 0 Å². The van der Waals surface area contributed by atoms with Crippen LogP contribution in [0, 0.1) is 5.92 Å². The Morgan fingerprint density at radius 2 is 2.12 bits per heavy atom. The molecular weight excluding hydrogens is 330 g/mol. The first kappa shape index (κ1) is 18.8. The molecule has 2 heterocycles. The van der Waals surface area contributed by atoms with Gasteiger partial charge in [0.25, 0.3) is 0 Å². The molecular formula is C20H29N3O3. The molecule has 1 amide bonds. The number of nitrogens with one attached hydrogen (secondary N) is 1. The van der Waals surface area contributed by atoms with Gasteiger partial charge in [-0.2, -0.15) is 0 Å². The summed E-state index contributed by atoms with van der Waals surface area (Å²) in [7, 11) is 0. The van der Waals surface area contributed by atoms with E-state index in [1.807, 2.05) is 6.20 Å². The lowest BCUT2D eigenvalue weighted by Gasteiger charge is -2.33. The lowest BCUT2D eigenvalue weighted by atomic mass is 9.82. The maximum atomic E-state index is 11.6. The summed E-state index contributed by atoms with van der Waals surface area (Å²) >= 11 is 0. The summed E-state index contributed by atoms with van der Waals surface area (Å²) in [4.78, 5) is 29.3. The van der Waals surface area contributed by atoms with Gasteiger partial charge in [-0.05, 0) is 62.7 Å². The van der Waals surface area contributed by atoms with Crippen LogP contribution < -0.4 is 5.32 Å². The van der Waals surface area contributed by atoms with Gasteiger partial charge >= 0.3 is 5.97 Å². The number of hydrogen-bond donors (Lipinski definition) is 2. The molecule has 3 rings (SSSR count). The second-order valence-corrected chi connectivity index (χ2v) is 7.41. The number of aromatic nitrogens is 1. The van der Waals surface area contributed by atoms with Gasteiger partial charge in [-0.25, -0.2) is 0 Å². The highest BCUT2D eigenvalue weighted by atomic mass is 16.4. The van der Waals surface area contributed by atoms with Crippen LogP contribution in [0.25, 0.3) is 0 Å². The lowest BCUT2D eigenvalue weighted by Crippen LogP contribution is -2.30. The fourth-order valence-corrected chi connectivity index (χ4v) is 4.36. The Morgan fingerprint density at radius 1 is 1.23 bits per heavy atom. The van der Waals surface area contributed by atoms with Crippen molar-refractivity contribution in [2.45, 2.75) is 57.4 Å². The third kappa shape index (κ3) is 4.81. The van der Waals surface area contributed by atoms with E-state index in [0.717, 1.165) is 38.1 Å². The number of amides is 1. The first-order valence-electron chi connectivity index (χ1n) is 9.81. The number of unbranched alkanes of at least 4 members (excludes halogenated alkanes) is 2. The van der Waals surface area contributed by atoms with Crippen molar-refractivity contribution in [2.75, 3.05) is 19.6 Å². The van der Waals surface area contributed by atoms with E-state index in [2.05, 4.69) is 27.3 Å². The second kappa shape index (κ2) is 9.12. The summed E-state index contributed by atoms with van der Waals surface area (Å²) in [6.07, 6.45) is 9.01. The van der Waals surface area contributed by atoms with E-state index < -0.39 is 5.97 Å². The number of carbonyl (C=O) groups excluding carboxylic acids is 1. The van der Waals surface area contributed by atoms with Crippen molar-refractivity contribution in [3.05, 3.63) is 29.6 Å². The van der Waals surface area contributed by atoms with Crippen LogP contribution in [0.2, 0.25) is 0 Å². The SMILES string of the molecule is O=C(O)CCNC(=O)CCCCCN1CCC2CCc3ncccc3C21. The number of carboxylic acids is 1. The number of fused-ring (bicyclic) bond motifs is 3. The molecule has 2 aliphatic rings. The normalized spacial score (nSPS) is 21.8. The number of rotatable bonds is 9. The minimum atomic E-state index is -0.881. The Balaban J connectivity index is 1.37. The molecule has 1 aromatic rings. The molecule has 2 unspecified atom stereocenters. The summed E-state index contributed by atoms with van der Waals surface area (Å²) in [6, 6.07) is 4.84. The Labute approximate surface area is 155 Å². The molecule has 0 spiro atoms. The average molecular weight is 359 g/mol. The summed E-state index contributed by atoms with van der Waals surface area (Å²) < 4.78 is 0. The number of hydrogen-bond acceptors (Lipinski definition) is 4. The zero-order valence-corrected chi connectivity index (χ0v) is 15.3. The van der Waals surface area contributed by atoms with Gasteiger partial charge in [0.2, 0.25) is 5.91 Å². The number of likely N-dealkylation sites (tertiary alicyclic amines) is 1. The van der Waals surface area contributed by atoms with Crippen molar-refractivity contribution in [3.8, 4) is 0 Å². The van der Waals surface area contributed by atoms with E-state index in [9.17, 15) is 9.59 Å². The standard InChI is InChI=1S/C20H29N3O3/c24-18(22-12-9-19(25)26)6-2-1-3-13-23-14-10-15-7-8-17-16(20(15)23)5-4-11-21-17/h4-5,11,15,20H,1-3,6-10,12-14H2,(H,22,24)(H,25,26). The average Bonchev–Trinajstić information content (AvgIpc) is 3.05. The number of nitrogens with zero attached hydrogens (tertiary/aromatic N) is 2. The number of carboxylic acid groups (broad SMARTS) is 1. The Morgan fingerprint density at radius 3 is 2.96 bits per heavy atom. The van der Waals surface area contributed by atoms with Gasteiger partial charge in [0.15, 0.2) is 0 Å². The first-order chi connectivity index (χ1) is 12.6. The van der Waals surface area contributed by atoms with Crippen LogP contribution in [-0.4, -0.2) is 46.5 Å². The number of pyridine rings is 1. The topological polar surface area (TPSA) is 82.5 Å². The zero-order chi connectivity index (χ0) is 18.4. The largest absolute Gasteiger partial charge is 0.481 e. The van der Waals surface area contributed by atoms with E-state index in [1.165, 1.54) is 30.6 Å². The molecule has 0 aromatic carbocycles. The highest BCUT2D eigenvalue weighted by Crippen LogP contribution is 2.44. The number of aryl methyl sites for hydroxylation is 1. The van der Waals surface area contributed by atoms with Crippen LogP contribution in [0.3, 0.4) is 0 Å². The fourth-order valence-electron chi connectivity index (χ4n) is 4.36. The third-order valence-corrected chi connectivity index (χ3v) is 5.63. The highest BCUT2D eigenvalue weighted by molar-refractivity contribution is 5.76. The van der Waals surface area contributed by atoms with E-state index in [0.29, 0.717) is 12.5 Å². The van der Waals surface area contributed by atoms with Crippen molar-refractivity contribution in [2.24, 2.45) is 5.92 Å². The van der Waals surface area contributed by atoms with Crippen LogP contribution in [0.15, 0.2) is 18.3 Å². The van der Waals surface area contributed by atoms with Crippen molar-refractivity contribution in [3.63, 3.8) is 0 Å². The zero-order valence-electron chi connectivity index (χ0n) is 15.3. The van der Waals surface area contributed by atoms with Crippen LogP contribution in [0.1, 0.15) is 62.2 Å². The van der Waals surface area contributed by atoms with E-state index in [4.69, 9.17) is 5.11 Å². The molecule has 1 aromatic heterocycles. The molecule has 1 aliphatic carbocycles. The summed E-state index contributed by atoms with van der Waals surface area (Å²) in [5.41, 5.74) is 2.71. The molecule has 142 valence electrons. The summed E-state index contributed by atoms with van der Waals surface area (Å²) in [5, 5.41) is 11.2. The quantitative estimate of drug-likeness (QED) is 0.662. The second-order valence-electron chi connectivity index (χ2n) is 7.41. The van der Waals surface area contributed by atoms with Gasteiger partial charge < -0.3 is 10.4 Å². The molecule has 1 saturated heterocycles. The molecule has 26 heavy (non-hydrogen) atoms. The van der Waals surface area contributed by atoms with Crippen molar-refractivity contribution >= 4 is 11.9 Å². The van der Waals surface area contributed by atoms with E-state index in [-0.39, 0.29) is 18.9 Å². The van der Waals surface area contributed by atoms with Crippen molar-refractivity contribution in [1.29, 1.82) is 0 Å². The van der Waals surface area contributed by atoms with Gasteiger partial charge in [0, 0.05) is 30.9 Å². The van der Waals surface area contributed by atoms with E-state index >= 15 is 0 Å². The number of aliphatic carboxylic acids is 1. The molecule has 0 bridgehead atoms. The van der Waals surface area contributed by atoms with Crippen molar-refractivity contribution in [1.82, 2.24) is 15.2 Å². The molecule has 1 fully saturated rings. The van der Waals surface area contributed by atoms with Gasteiger partial charge in [-0.1, -0.05) is 12.5 Å². The van der Waals surface area contributed by atoms with Gasteiger partial charge in [0.1, 0.15) is 0 Å². The third-order valence-electron chi connectivity index (χ3n) is 5.63.